The van der Waals surface area contributed by atoms with E-state index in [-0.39, 0.29) is 30.0 Å². The van der Waals surface area contributed by atoms with Crippen LogP contribution in [0.25, 0.3) is 22.1 Å². The average Bonchev–Trinajstić information content (AvgIpc) is 3.56. The molecule has 0 aliphatic carbocycles. The Morgan fingerprint density at radius 2 is 2.05 bits per heavy atom. The van der Waals surface area contributed by atoms with Gasteiger partial charge in [-0.2, -0.15) is 5.10 Å². The van der Waals surface area contributed by atoms with Crippen molar-refractivity contribution in [3.63, 3.8) is 0 Å². The first-order valence-corrected chi connectivity index (χ1v) is 11.5. The fourth-order valence-corrected chi connectivity index (χ4v) is 4.59. The molecule has 38 heavy (non-hydrogen) atoms. The maximum atomic E-state index is 14.7. The maximum Gasteiger partial charge on any atom is 0.522 e. The van der Waals surface area contributed by atoms with Crippen LogP contribution in [0, 0.1) is 17.7 Å². The number of aromatic nitrogens is 6. The molecule has 0 radical (unpaired) electrons. The van der Waals surface area contributed by atoms with Gasteiger partial charge in [-0.25, -0.2) is 24.0 Å². The number of likely N-dealkylation sites (tertiary alicyclic amines) is 1. The molecule has 0 saturated carbocycles. The average molecular weight is 526 g/mol. The number of rotatable bonds is 5. The standard InChI is InChI=1S/C25H22F4N8O/c1-4-14(2)36-10-16(8-17(36)11-38-25(27,28)29)37-24-22(23(30)31-12-32-24)19(34-37)6-5-15-7-20-21(9-18(15)26)35(3)13-33-20/h4,7,9,12-13,16-17H,1-2,8,10-11H2,3H3,(H2,30,31,32)/t16-,17+/m0/s1. The van der Waals surface area contributed by atoms with Crippen molar-refractivity contribution >= 4 is 27.9 Å². The molecule has 1 aliphatic heterocycles. The van der Waals surface area contributed by atoms with Crippen molar-refractivity contribution in [2.24, 2.45) is 7.05 Å². The summed E-state index contributed by atoms with van der Waals surface area (Å²) in [7, 11) is 1.76. The van der Waals surface area contributed by atoms with E-state index in [1.165, 1.54) is 24.5 Å². The van der Waals surface area contributed by atoms with Crippen LogP contribution in [0.3, 0.4) is 0 Å². The summed E-state index contributed by atoms with van der Waals surface area (Å²) in [5.41, 5.74) is 8.46. The molecule has 5 rings (SSSR count). The molecule has 4 heterocycles. The molecule has 3 aromatic heterocycles. The molecule has 0 bridgehead atoms. The van der Waals surface area contributed by atoms with E-state index in [0.29, 0.717) is 27.8 Å². The lowest BCUT2D eigenvalue weighted by molar-refractivity contribution is -0.327. The van der Waals surface area contributed by atoms with Crippen LogP contribution in [-0.2, 0) is 11.8 Å². The van der Waals surface area contributed by atoms with E-state index in [1.54, 1.807) is 27.5 Å². The lowest BCUT2D eigenvalue weighted by Gasteiger charge is -2.26. The van der Waals surface area contributed by atoms with Crippen molar-refractivity contribution in [1.82, 2.24) is 34.2 Å². The molecule has 1 fully saturated rings. The number of halogens is 4. The normalized spacial score (nSPS) is 17.7. The Labute approximate surface area is 214 Å². The molecule has 0 amide bonds. The number of hydrogen-bond acceptors (Lipinski definition) is 7. The second-order valence-corrected chi connectivity index (χ2v) is 8.82. The van der Waals surface area contributed by atoms with Gasteiger partial charge in [-0.15, -0.1) is 13.2 Å². The number of nitrogen functional groups attached to an aromatic ring is 1. The lowest BCUT2D eigenvalue weighted by atomic mass is 10.1. The molecule has 4 aromatic rings. The highest BCUT2D eigenvalue weighted by molar-refractivity contribution is 5.90. The number of anilines is 1. The van der Waals surface area contributed by atoms with Crippen molar-refractivity contribution < 1.29 is 22.3 Å². The molecule has 196 valence electrons. The zero-order valence-electron chi connectivity index (χ0n) is 20.2. The molecule has 1 saturated heterocycles. The topological polar surface area (TPSA) is 99.9 Å². The van der Waals surface area contributed by atoms with Gasteiger partial charge in [0.05, 0.1) is 47.0 Å². The zero-order valence-corrected chi connectivity index (χ0v) is 20.2. The van der Waals surface area contributed by atoms with Crippen LogP contribution in [0.1, 0.15) is 23.7 Å². The number of alkyl halides is 3. The lowest BCUT2D eigenvalue weighted by Crippen LogP contribution is -2.33. The van der Waals surface area contributed by atoms with Crippen LogP contribution < -0.4 is 5.73 Å². The third kappa shape index (κ3) is 4.66. The fraction of sp³-hybridized carbons (Fsp3) is 0.280. The van der Waals surface area contributed by atoms with Crippen LogP contribution in [0.15, 0.2) is 49.7 Å². The summed E-state index contributed by atoms with van der Waals surface area (Å²) in [6.07, 6.45) is -0.208. The summed E-state index contributed by atoms with van der Waals surface area (Å²) in [4.78, 5) is 14.2. The van der Waals surface area contributed by atoms with Crippen LogP contribution in [0.4, 0.5) is 23.4 Å². The number of nitrogens with two attached hydrogens (primary N) is 1. The van der Waals surface area contributed by atoms with Crippen LogP contribution >= 0.6 is 0 Å². The highest BCUT2D eigenvalue weighted by Gasteiger charge is 2.38. The fourth-order valence-electron chi connectivity index (χ4n) is 4.59. The Morgan fingerprint density at radius 1 is 1.26 bits per heavy atom. The van der Waals surface area contributed by atoms with Crippen molar-refractivity contribution in [3.05, 3.63) is 66.8 Å². The van der Waals surface area contributed by atoms with Crippen molar-refractivity contribution in [2.45, 2.75) is 24.9 Å². The summed E-state index contributed by atoms with van der Waals surface area (Å²) in [5.74, 6) is 5.25. The molecular weight excluding hydrogens is 504 g/mol. The maximum absolute atomic E-state index is 14.7. The first-order chi connectivity index (χ1) is 18.1. The summed E-state index contributed by atoms with van der Waals surface area (Å²) in [6, 6.07) is 1.84. The summed E-state index contributed by atoms with van der Waals surface area (Å²) in [6.45, 7) is 7.24. The van der Waals surface area contributed by atoms with Gasteiger partial charge in [0, 0.05) is 25.4 Å². The van der Waals surface area contributed by atoms with Gasteiger partial charge >= 0.3 is 6.36 Å². The Hall–Kier alpha value is -4.44. The number of ether oxygens (including phenoxy) is 1. The second kappa shape index (κ2) is 9.46. The Morgan fingerprint density at radius 3 is 2.79 bits per heavy atom. The highest BCUT2D eigenvalue weighted by atomic mass is 19.4. The minimum Gasteiger partial charge on any atom is -0.383 e. The Bertz CT molecular complexity index is 1630. The summed E-state index contributed by atoms with van der Waals surface area (Å²) in [5, 5.41) is 4.94. The molecule has 0 unspecified atom stereocenters. The van der Waals surface area contributed by atoms with Gasteiger partial charge in [-0.3, -0.25) is 4.74 Å². The molecule has 2 N–H and O–H groups in total. The predicted octanol–water partition coefficient (Wildman–Crippen LogP) is 3.69. The highest BCUT2D eigenvalue weighted by Crippen LogP contribution is 2.34. The van der Waals surface area contributed by atoms with E-state index in [1.807, 2.05) is 0 Å². The van der Waals surface area contributed by atoms with Crippen molar-refractivity contribution in [3.8, 4) is 11.8 Å². The van der Waals surface area contributed by atoms with Crippen molar-refractivity contribution in [1.29, 1.82) is 0 Å². The van der Waals surface area contributed by atoms with E-state index in [9.17, 15) is 17.6 Å². The minimum atomic E-state index is -4.77. The number of fused-ring (bicyclic) bond motifs is 2. The number of benzene rings is 1. The van der Waals surface area contributed by atoms with Gasteiger partial charge in [0.2, 0.25) is 0 Å². The molecule has 1 aliphatic rings. The second-order valence-electron chi connectivity index (χ2n) is 8.82. The Kier molecular flexibility index (Phi) is 6.28. The summed E-state index contributed by atoms with van der Waals surface area (Å²) >= 11 is 0. The third-order valence-corrected chi connectivity index (χ3v) is 6.43. The van der Waals surface area contributed by atoms with Gasteiger partial charge in [0.1, 0.15) is 23.7 Å². The SMILES string of the molecule is C=CC(=C)N1C[C@@H](n2nc(C#Cc3cc4ncn(C)c4cc3F)c3c(N)ncnc32)C[C@@H]1COC(F)(F)F. The van der Waals surface area contributed by atoms with Crippen LogP contribution in [-0.4, -0.2) is 59.8 Å². The van der Waals surface area contributed by atoms with Crippen LogP contribution in [0.2, 0.25) is 0 Å². The monoisotopic (exact) mass is 526 g/mol. The van der Waals surface area contributed by atoms with Crippen molar-refractivity contribution in [2.75, 3.05) is 18.9 Å². The number of aryl methyl sites for hydroxylation is 1. The smallest absolute Gasteiger partial charge is 0.383 e. The minimum absolute atomic E-state index is 0.119. The van der Waals surface area contributed by atoms with Gasteiger partial charge in [0.25, 0.3) is 0 Å². The van der Waals surface area contributed by atoms with E-state index in [4.69, 9.17) is 5.73 Å². The van der Waals surface area contributed by atoms with E-state index in [2.05, 4.69) is 49.8 Å². The zero-order chi connectivity index (χ0) is 27.2. The quantitative estimate of drug-likeness (QED) is 0.241. The number of nitrogens with zero attached hydrogens (tertiary/aromatic N) is 7. The first kappa shape index (κ1) is 25.2. The number of hydrogen-bond donors (Lipinski definition) is 1. The molecule has 2 atom stereocenters. The first-order valence-electron chi connectivity index (χ1n) is 11.5. The molecule has 1 aromatic carbocycles. The predicted molar refractivity (Wildman–Crippen MR) is 132 cm³/mol. The van der Waals surface area contributed by atoms with Crippen LogP contribution in [0.5, 0.6) is 0 Å². The Balaban J connectivity index is 1.53. The summed E-state index contributed by atoms with van der Waals surface area (Å²) < 4.78 is 60.4. The van der Waals surface area contributed by atoms with Gasteiger partial charge in [-0.05, 0) is 24.5 Å². The van der Waals surface area contributed by atoms with E-state index < -0.39 is 30.9 Å². The van der Waals surface area contributed by atoms with E-state index >= 15 is 0 Å². The molecule has 13 heteroatoms. The van der Waals surface area contributed by atoms with Gasteiger partial charge < -0.3 is 15.2 Å². The third-order valence-electron chi connectivity index (χ3n) is 6.43. The van der Waals surface area contributed by atoms with Gasteiger partial charge in [0.15, 0.2) is 5.65 Å². The number of allylic oxidation sites excluding steroid dienone is 1. The molecular formula is C25H22F4N8O. The molecule has 0 spiro atoms. The largest absolute Gasteiger partial charge is 0.522 e. The number of imidazole rings is 1. The molecule has 9 nitrogen and oxygen atoms in total. The van der Waals surface area contributed by atoms with E-state index in [0.717, 1.165) is 0 Å². The van der Waals surface area contributed by atoms with Gasteiger partial charge in [-0.1, -0.05) is 19.1 Å².